The molecule has 5 rings (SSSR count). The first kappa shape index (κ1) is 15.8. The highest BCUT2D eigenvalue weighted by molar-refractivity contribution is 5.88. The largest absolute Gasteiger partial charge is 0.213 e. The number of hydrogen-bond acceptors (Lipinski definition) is 0. The summed E-state index contributed by atoms with van der Waals surface area (Å²) in [6.07, 6.45) is 7.05. The van der Waals surface area contributed by atoms with Crippen LogP contribution in [-0.4, -0.2) is 0 Å². The van der Waals surface area contributed by atoms with Gasteiger partial charge in [0.25, 0.3) is 0 Å². The van der Waals surface area contributed by atoms with Crippen molar-refractivity contribution < 1.29 is 10.1 Å². The third-order valence-corrected chi connectivity index (χ3v) is 6.71. The number of hydrogen-bond donors (Lipinski definition) is 0. The van der Waals surface area contributed by atoms with Crippen LogP contribution in [0.5, 0.6) is 0 Å². The molecule has 156 valence electrons. The molecule has 0 saturated heterocycles. The molecule has 31 heavy (non-hydrogen) atoms. The SMILES string of the molecule is [2H]C([2H])([2H])c1c[n+](C)c(-c2ccccc2C)cc1-c1ccc2cc(C3([2H])CCCCC3)ccc2c1. The predicted molar refractivity (Wildman–Crippen MR) is 131 cm³/mol. The Morgan fingerprint density at radius 1 is 0.839 bits per heavy atom. The second-order valence-electron chi connectivity index (χ2n) is 8.85. The van der Waals surface area contributed by atoms with E-state index in [0.717, 1.165) is 70.0 Å². The zero-order valence-electron chi connectivity index (χ0n) is 22.4. The lowest BCUT2D eigenvalue weighted by Gasteiger charge is -2.22. The Balaban J connectivity index is 1.64. The molecule has 0 unspecified atom stereocenters. The highest BCUT2D eigenvalue weighted by Crippen LogP contribution is 2.35. The molecule has 1 saturated carbocycles. The summed E-state index contributed by atoms with van der Waals surface area (Å²) in [6.45, 7) is -0.152. The number of benzene rings is 3. The predicted octanol–water partition coefficient (Wildman–Crippen LogP) is 7.66. The number of pyridine rings is 1. The first-order valence-corrected chi connectivity index (χ1v) is 11.3. The summed E-state index contributed by atoms with van der Waals surface area (Å²) in [4.78, 5) is 0. The van der Waals surface area contributed by atoms with Crippen molar-refractivity contribution >= 4 is 10.8 Å². The van der Waals surface area contributed by atoms with Crippen LogP contribution in [0.25, 0.3) is 33.2 Å². The fourth-order valence-corrected chi connectivity index (χ4v) is 4.92. The molecule has 4 aromatic rings. The normalized spacial score (nSPS) is 18.1. The Morgan fingerprint density at radius 2 is 1.61 bits per heavy atom. The standard InChI is InChI=1S/C30H32N/c1-21-9-7-8-12-28(21)30-19-29(22(2)20-31(30)3)27-16-15-25-17-24(13-14-26(25)18-27)23-10-5-4-6-11-23/h7-9,12-20,23H,4-6,10-11H2,1-3H3/q+1/i2D3,23D. The maximum Gasteiger partial charge on any atom is 0.213 e. The average molecular weight is 411 g/mol. The lowest BCUT2D eigenvalue weighted by molar-refractivity contribution is -0.660. The zero-order valence-corrected chi connectivity index (χ0v) is 18.4. The van der Waals surface area contributed by atoms with Gasteiger partial charge in [-0.15, -0.1) is 0 Å². The second kappa shape index (κ2) is 8.30. The number of rotatable bonds is 3. The van der Waals surface area contributed by atoms with Gasteiger partial charge in [0.2, 0.25) is 5.69 Å². The van der Waals surface area contributed by atoms with Crippen LogP contribution in [0.15, 0.2) is 72.9 Å². The van der Waals surface area contributed by atoms with E-state index in [1.54, 1.807) is 6.20 Å². The van der Waals surface area contributed by atoms with Gasteiger partial charge in [-0.1, -0.05) is 67.8 Å². The van der Waals surface area contributed by atoms with Crippen LogP contribution >= 0.6 is 0 Å². The van der Waals surface area contributed by atoms with Crippen LogP contribution in [0.3, 0.4) is 0 Å². The van der Waals surface area contributed by atoms with Crippen molar-refractivity contribution in [2.24, 2.45) is 7.05 Å². The molecule has 1 heterocycles. The Kier molecular flexibility index (Phi) is 4.23. The van der Waals surface area contributed by atoms with Crippen LogP contribution in [0.4, 0.5) is 0 Å². The van der Waals surface area contributed by atoms with E-state index in [1.165, 1.54) is 6.42 Å². The maximum absolute atomic E-state index is 8.99. The summed E-state index contributed by atoms with van der Waals surface area (Å²) in [5.74, 6) is -0.490. The molecule has 0 aliphatic heterocycles. The quantitative estimate of drug-likeness (QED) is 0.305. The first-order valence-electron chi connectivity index (χ1n) is 13.3. The van der Waals surface area contributed by atoms with Crippen molar-refractivity contribution in [1.82, 2.24) is 0 Å². The van der Waals surface area contributed by atoms with E-state index in [1.807, 2.05) is 35.9 Å². The molecule has 0 radical (unpaired) electrons. The Labute approximate surface area is 192 Å². The fraction of sp³-hybridized carbons (Fsp3) is 0.300. The number of nitrogens with zero attached hydrogens (tertiary/aromatic N) is 1. The molecule has 1 aliphatic carbocycles. The van der Waals surface area contributed by atoms with Gasteiger partial charge < -0.3 is 0 Å². The molecule has 1 heteroatoms. The first-order chi connectivity index (χ1) is 16.7. The van der Waals surface area contributed by atoms with Crippen molar-refractivity contribution in [3.63, 3.8) is 0 Å². The lowest BCUT2D eigenvalue weighted by atomic mass is 9.83. The van der Waals surface area contributed by atoms with Crippen LogP contribution in [0, 0.1) is 13.8 Å². The molecule has 0 N–H and O–H groups in total. The number of aryl methyl sites for hydroxylation is 3. The summed E-state index contributed by atoms with van der Waals surface area (Å²) in [5.41, 5.74) is 6.28. The third-order valence-electron chi connectivity index (χ3n) is 6.71. The summed E-state index contributed by atoms with van der Waals surface area (Å²) < 4.78 is 35.5. The second-order valence-corrected chi connectivity index (χ2v) is 8.85. The van der Waals surface area contributed by atoms with Crippen molar-refractivity contribution in [2.45, 2.75) is 51.8 Å². The van der Waals surface area contributed by atoms with Gasteiger partial charge >= 0.3 is 0 Å². The van der Waals surface area contributed by atoms with E-state index in [4.69, 9.17) is 5.48 Å². The molecule has 1 aliphatic rings. The van der Waals surface area contributed by atoms with E-state index >= 15 is 0 Å². The Morgan fingerprint density at radius 3 is 2.42 bits per heavy atom. The number of fused-ring (bicyclic) bond motifs is 1. The van der Waals surface area contributed by atoms with E-state index in [0.29, 0.717) is 5.56 Å². The van der Waals surface area contributed by atoms with Gasteiger partial charge in [-0.2, -0.15) is 0 Å². The van der Waals surface area contributed by atoms with Crippen molar-refractivity contribution in [2.75, 3.05) is 0 Å². The van der Waals surface area contributed by atoms with E-state index in [9.17, 15) is 0 Å². The smallest absolute Gasteiger partial charge is 0.201 e. The molecule has 1 nitrogen and oxygen atoms in total. The van der Waals surface area contributed by atoms with Gasteiger partial charge in [0.1, 0.15) is 7.05 Å². The van der Waals surface area contributed by atoms with Crippen molar-refractivity contribution in [3.05, 3.63) is 89.6 Å². The van der Waals surface area contributed by atoms with Gasteiger partial charge in [-0.3, -0.25) is 0 Å². The molecule has 1 fully saturated rings. The van der Waals surface area contributed by atoms with Crippen LogP contribution < -0.4 is 4.57 Å². The van der Waals surface area contributed by atoms with Gasteiger partial charge in [-0.25, -0.2) is 4.57 Å². The lowest BCUT2D eigenvalue weighted by Crippen LogP contribution is -2.31. The molecular weight excluding hydrogens is 374 g/mol. The molecule has 3 aromatic carbocycles. The van der Waals surface area contributed by atoms with E-state index in [2.05, 4.69) is 49.4 Å². The van der Waals surface area contributed by atoms with Crippen LogP contribution in [-0.2, 0) is 7.05 Å². The van der Waals surface area contributed by atoms with Gasteiger partial charge in [0.15, 0.2) is 6.20 Å². The molecule has 0 spiro atoms. The minimum absolute atomic E-state index is 0.348. The summed E-state index contributed by atoms with van der Waals surface area (Å²) >= 11 is 0. The third kappa shape index (κ3) is 3.90. The zero-order chi connectivity index (χ0) is 24.8. The monoisotopic (exact) mass is 410 g/mol. The topological polar surface area (TPSA) is 3.88 Å². The van der Waals surface area contributed by atoms with Gasteiger partial charge in [0, 0.05) is 22.7 Å². The number of aromatic nitrogens is 1. The Hall–Kier alpha value is -2.93. The summed E-state index contributed by atoms with van der Waals surface area (Å²) in [5, 5.41) is 2.16. The minimum Gasteiger partial charge on any atom is -0.201 e. The van der Waals surface area contributed by atoms with Crippen molar-refractivity contribution in [1.29, 1.82) is 0 Å². The van der Waals surface area contributed by atoms with E-state index < -0.39 is 12.7 Å². The summed E-state index contributed by atoms with van der Waals surface area (Å²) in [6, 6.07) is 22.7. The molecular formula is C30H32N+. The minimum atomic E-state index is -2.23. The van der Waals surface area contributed by atoms with Crippen LogP contribution in [0.1, 0.15) is 60.2 Å². The Bertz CT molecular complexity index is 1400. The van der Waals surface area contributed by atoms with Gasteiger partial charge in [0.05, 0.1) is 0 Å². The van der Waals surface area contributed by atoms with E-state index in [-0.39, 0.29) is 0 Å². The summed E-state index contributed by atoms with van der Waals surface area (Å²) in [7, 11) is 1.91. The highest BCUT2D eigenvalue weighted by atomic mass is 14.9. The van der Waals surface area contributed by atoms with Crippen LogP contribution in [0.2, 0.25) is 0 Å². The molecule has 0 atom stereocenters. The molecule has 0 amide bonds. The van der Waals surface area contributed by atoms with Gasteiger partial charge in [-0.05, 0) is 77.7 Å². The molecule has 0 bridgehead atoms. The molecule has 1 aromatic heterocycles. The highest BCUT2D eigenvalue weighted by Gasteiger charge is 2.18. The average Bonchev–Trinajstić information content (AvgIpc) is 2.84. The van der Waals surface area contributed by atoms with Crippen molar-refractivity contribution in [3.8, 4) is 22.4 Å². The maximum atomic E-state index is 8.99. The fourth-order valence-electron chi connectivity index (χ4n) is 4.92.